The molecule has 0 radical (unpaired) electrons. The molecule has 0 aliphatic carbocycles. The van der Waals surface area contributed by atoms with Gasteiger partial charge in [-0.05, 0) is 51.1 Å². The van der Waals surface area contributed by atoms with Crippen LogP contribution in [0.3, 0.4) is 0 Å². The molecule has 1 aromatic carbocycles. The topological polar surface area (TPSA) is 33.7 Å². The number of nitrogens with zero attached hydrogens (tertiary/aromatic N) is 1. The van der Waals surface area contributed by atoms with E-state index in [1.165, 1.54) is 6.42 Å². The Bertz CT molecular complexity index is 471. The first-order chi connectivity index (χ1) is 10.6. The predicted molar refractivity (Wildman–Crippen MR) is 81.6 cm³/mol. The first kappa shape index (κ1) is 17.0. The molecule has 1 N–H and O–H groups in total. The molecule has 0 amide bonds. The minimum Gasteiger partial charge on any atom is -0.490 e. The van der Waals surface area contributed by atoms with Gasteiger partial charge in [-0.2, -0.15) is 8.78 Å². The van der Waals surface area contributed by atoms with Crippen molar-refractivity contribution in [3.8, 4) is 11.5 Å². The molecule has 1 aliphatic heterocycles. The maximum atomic E-state index is 12.4. The Balaban J connectivity index is 2.05. The van der Waals surface area contributed by atoms with E-state index >= 15 is 0 Å². The lowest BCUT2D eigenvalue weighted by Gasteiger charge is -2.32. The minimum atomic E-state index is -2.84. The molecular weight excluding hydrogens is 290 g/mol. The van der Waals surface area contributed by atoms with E-state index in [9.17, 15) is 8.78 Å². The van der Waals surface area contributed by atoms with Gasteiger partial charge in [0.15, 0.2) is 11.5 Å². The molecule has 0 saturated carbocycles. The number of likely N-dealkylation sites (tertiary alicyclic amines) is 1. The van der Waals surface area contributed by atoms with E-state index in [0.29, 0.717) is 18.4 Å². The number of hydrogen-bond donors (Lipinski definition) is 1. The van der Waals surface area contributed by atoms with Crippen LogP contribution in [-0.2, 0) is 6.54 Å². The molecule has 1 unspecified atom stereocenters. The fourth-order valence-electron chi connectivity index (χ4n) is 2.81. The van der Waals surface area contributed by atoms with Crippen molar-refractivity contribution in [2.24, 2.45) is 0 Å². The molecule has 0 spiro atoms. The molecule has 1 fully saturated rings. The average Bonchev–Trinajstić information content (AvgIpc) is 2.50. The second-order valence-electron chi connectivity index (χ2n) is 5.46. The van der Waals surface area contributed by atoms with Crippen LogP contribution in [0.25, 0.3) is 0 Å². The lowest BCUT2D eigenvalue weighted by molar-refractivity contribution is -0.0514. The molecule has 1 heterocycles. The number of hydrogen-bond acceptors (Lipinski definition) is 4. The van der Waals surface area contributed by atoms with Gasteiger partial charge in [0.1, 0.15) is 0 Å². The first-order valence-electron chi connectivity index (χ1n) is 7.72. The second-order valence-corrected chi connectivity index (χ2v) is 5.46. The Kier molecular flexibility index (Phi) is 6.39. The highest BCUT2D eigenvalue weighted by atomic mass is 19.3. The summed E-state index contributed by atoms with van der Waals surface area (Å²) in [6.07, 6.45) is 2.36. The van der Waals surface area contributed by atoms with Gasteiger partial charge >= 0.3 is 6.61 Å². The summed E-state index contributed by atoms with van der Waals surface area (Å²) in [5, 5.41) is 3.31. The number of benzene rings is 1. The zero-order chi connectivity index (χ0) is 15.9. The van der Waals surface area contributed by atoms with E-state index in [2.05, 4.69) is 15.0 Å². The number of halogens is 2. The van der Waals surface area contributed by atoms with Crippen LogP contribution in [0.1, 0.15) is 25.3 Å². The van der Waals surface area contributed by atoms with Gasteiger partial charge in [0.05, 0.1) is 6.61 Å². The quantitative estimate of drug-likeness (QED) is 0.839. The third-order valence-corrected chi connectivity index (χ3v) is 3.84. The number of nitrogens with one attached hydrogen (secondary N) is 1. The number of likely N-dealkylation sites (N-methyl/N-ethyl adjacent to an activating group) is 1. The number of rotatable bonds is 7. The molecule has 124 valence electrons. The highest BCUT2D eigenvalue weighted by Gasteiger charge is 2.19. The largest absolute Gasteiger partial charge is 0.490 e. The third kappa shape index (κ3) is 4.81. The fourth-order valence-corrected chi connectivity index (χ4v) is 2.81. The zero-order valence-corrected chi connectivity index (χ0v) is 13.1. The smallest absolute Gasteiger partial charge is 0.387 e. The molecule has 0 bridgehead atoms. The lowest BCUT2D eigenvalue weighted by Crippen LogP contribution is -2.43. The zero-order valence-electron chi connectivity index (χ0n) is 13.1. The molecule has 1 aromatic rings. The number of ether oxygens (including phenoxy) is 2. The van der Waals surface area contributed by atoms with E-state index in [-0.39, 0.29) is 5.75 Å². The molecule has 1 atom stereocenters. The molecule has 6 heteroatoms. The Hall–Kier alpha value is -1.40. The molecule has 4 nitrogen and oxygen atoms in total. The summed E-state index contributed by atoms with van der Waals surface area (Å²) in [6.45, 7) is 2.22. The molecule has 1 saturated heterocycles. The molecule has 0 aromatic heterocycles. The van der Waals surface area contributed by atoms with Crippen molar-refractivity contribution in [1.29, 1.82) is 0 Å². The van der Waals surface area contributed by atoms with Crippen LogP contribution in [0.15, 0.2) is 18.2 Å². The van der Waals surface area contributed by atoms with Gasteiger partial charge in [-0.25, -0.2) is 0 Å². The van der Waals surface area contributed by atoms with Crippen molar-refractivity contribution in [3.05, 3.63) is 23.8 Å². The van der Waals surface area contributed by atoms with Crippen molar-refractivity contribution in [3.63, 3.8) is 0 Å². The summed E-state index contributed by atoms with van der Waals surface area (Å²) in [5.74, 6) is 0.467. The van der Waals surface area contributed by atoms with Gasteiger partial charge in [0.25, 0.3) is 0 Å². The van der Waals surface area contributed by atoms with Crippen molar-refractivity contribution in [1.82, 2.24) is 10.2 Å². The van der Waals surface area contributed by atoms with Crippen LogP contribution in [-0.4, -0.2) is 44.3 Å². The molecular formula is C16H24F2N2O2. The molecule has 2 rings (SSSR count). The maximum Gasteiger partial charge on any atom is 0.387 e. The van der Waals surface area contributed by atoms with Gasteiger partial charge in [-0.3, -0.25) is 4.90 Å². The molecule has 1 aliphatic rings. The Morgan fingerprint density at radius 1 is 1.36 bits per heavy atom. The first-order valence-corrected chi connectivity index (χ1v) is 7.72. The summed E-state index contributed by atoms with van der Waals surface area (Å²) in [5.41, 5.74) is 1.04. The van der Waals surface area contributed by atoms with Gasteiger partial charge in [-0.1, -0.05) is 6.07 Å². The third-order valence-electron chi connectivity index (χ3n) is 3.84. The van der Waals surface area contributed by atoms with Crippen LogP contribution in [0.5, 0.6) is 11.5 Å². The van der Waals surface area contributed by atoms with Gasteiger partial charge in [-0.15, -0.1) is 0 Å². The van der Waals surface area contributed by atoms with Gasteiger partial charge < -0.3 is 14.8 Å². The van der Waals surface area contributed by atoms with E-state index in [4.69, 9.17) is 4.74 Å². The van der Waals surface area contributed by atoms with Crippen molar-refractivity contribution in [2.75, 3.05) is 26.7 Å². The standard InChI is InChI=1S/C16H24F2N2O2/c1-3-21-15-9-12(6-7-14(15)22-16(17)18)10-20-8-4-5-13(11-20)19-2/h6-7,9,13,16,19H,3-5,8,10-11H2,1-2H3. The second kappa shape index (κ2) is 8.29. The van der Waals surface area contributed by atoms with Gasteiger partial charge in [0.2, 0.25) is 0 Å². The van der Waals surface area contributed by atoms with Crippen molar-refractivity contribution >= 4 is 0 Å². The average molecular weight is 314 g/mol. The van der Waals surface area contributed by atoms with Crippen molar-refractivity contribution in [2.45, 2.75) is 39.0 Å². The Labute approximate surface area is 130 Å². The lowest BCUT2D eigenvalue weighted by atomic mass is 10.0. The van der Waals surface area contributed by atoms with Crippen LogP contribution in [0.2, 0.25) is 0 Å². The summed E-state index contributed by atoms with van der Waals surface area (Å²) in [7, 11) is 1.98. The normalized spacial score (nSPS) is 19.4. The van der Waals surface area contributed by atoms with E-state index in [1.807, 2.05) is 20.0 Å². The Morgan fingerprint density at radius 3 is 2.86 bits per heavy atom. The monoisotopic (exact) mass is 314 g/mol. The Morgan fingerprint density at radius 2 is 2.18 bits per heavy atom. The van der Waals surface area contributed by atoms with E-state index in [0.717, 1.165) is 31.6 Å². The SMILES string of the molecule is CCOc1cc(CN2CCCC(NC)C2)ccc1OC(F)F. The minimum absolute atomic E-state index is 0.0901. The van der Waals surface area contributed by atoms with Crippen LogP contribution in [0.4, 0.5) is 8.78 Å². The summed E-state index contributed by atoms with van der Waals surface area (Å²) >= 11 is 0. The summed E-state index contributed by atoms with van der Waals surface area (Å²) < 4.78 is 34.7. The highest BCUT2D eigenvalue weighted by Crippen LogP contribution is 2.30. The predicted octanol–water partition coefficient (Wildman–Crippen LogP) is 2.87. The highest BCUT2D eigenvalue weighted by molar-refractivity contribution is 5.43. The van der Waals surface area contributed by atoms with Crippen LogP contribution < -0.4 is 14.8 Å². The van der Waals surface area contributed by atoms with Crippen LogP contribution in [0, 0.1) is 0 Å². The van der Waals surface area contributed by atoms with Crippen LogP contribution >= 0.6 is 0 Å². The van der Waals surface area contributed by atoms with E-state index < -0.39 is 6.61 Å². The molecule has 22 heavy (non-hydrogen) atoms. The van der Waals surface area contributed by atoms with E-state index in [1.54, 1.807) is 12.1 Å². The summed E-state index contributed by atoms with van der Waals surface area (Å²) in [4.78, 5) is 2.36. The number of piperidine rings is 1. The van der Waals surface area contributed by atoms with Gasteiger partial charge in [0, 0.05) is 19.1 Å². The maximum absolute atomic E-state index is 12.4. The van der Waals surface area contributed by atoms with Crippen molar-refractivity contribution < 1.29 is 18.3 Å². The summed E-state index contributed by atoms with van der Waals surface area (Å²) in [6, 6.07) is 5.70. The number of alkyl halides is 2. The fraction of sp³-hybridized carbons (Fsp3) is 0.625.